The van der Waals surface area contributed by atoms with Crippen LogP contribution in [0.1, 0.15) is 17.2 Å². The molecule has 0 aliphatic heterocycles. The molecule has 1 aromatic carbocycles. The Morgan fingerprint density at radius 3 is 2.87 bits per heavy atom. The number of benzene rings is 1. The quantitative estimate of drug-likeness (QED) is 0.783. The molecular formula is C11H13FN2O. The van der Waals surface area contributed by atoms with Gasteiger partial charge in [0.25, 0.3) is 0 Å². The molecule has 1 atom stereocenters. The minimum absolute atomic E-state index is 0.0293. The van der Waals surface area contributed by atoms with Crippen LogP contribution >= 0.6 is 0 Å². The first-order valence-corrected chi connectivity index (χ1v) is 4.69. The van der Waals surface area contributed by atoms with Gasteiger partial charge in [-0.25, -0.2) is 4.39 Å². The minimum atomic E-state index is -0.502. The SMILES string of the molecule is Cc1cc(F)ccc1C(C#N)NCCO. The van der Waals surface area contributed by atoms with Crippen LogP contribution < -0.4 is 5.32 Å². The molecule has 80 valence electrons. The van der Waals surface area contributed by atoms with E-state index in [2.05, 4.69) is 11.4 Å². The first-order chi connectivity index (χ1) is 7.19. The van der Waals surface area contributed by atoms with E-state index in [1.54, 1.807) is 13.0 Å². The number of hydrogen-bond acceptors (Lipinski definition) is 3. The van der Waals surface area contributed by atoms with Crippen LogP contribution in [0.25, 0.3) is 0 Å². The van der Waals surface area contributed by atoms with E-state index in [-0.39, 0.29) is 12.4 Å². The molecule has 0 aromatic heterocycles. The molecule has 0 spiro atoms. The van der Waals surface area contributed by atoms with Gasteiger partial charge < -0.3 is 5.11 Å². The van der Waals surface area contributed by atoms with E-state index in [1.165, 1.54) is 12.1 Å². The van der Waals surface area contributed by atoms with Gasteiger partial charge in [0.2, 0.25) is 0 Å². The van der Waals surface area contributed by atoms with Crippen LogP contribution in [0.5, 0.6) is 0 Å². The summed E-state index contributed by atoms with van der Waals surface area (Å²) in [7, 11) is 0. The number of aryl methyl sites for hydroxylation is 1. The first kappa shape index (κ1) is 11.6. The topological polar surface area (TPSA) is 56.0 Å². The van der Waals surface area contributed by atoms with E-state index < -0.39 is 6.04 Å². The summed E-state index contributed by atoms with van der Waals surface area (Å²) >= 11 is 0. The van der Waals surface area contributed by atoms with E-state index in [1.807, 2.05) is 0 Å². The van der Waals surface area contributed by atoms with Gasteiger partial charge in [-0.15, -0.1) is 0 Å². The van der Waals surface area contributed by atoms with Crippen LogP contribution in [0.2, 0.25) is 0 Å². The number of halogens is 1. The molecule has 0 saturated carbocycles. The zero-order valence-corrected chi connectivity index (χ0v) is 8.50. The standard InChI is InChI=1S/C11H13FN2O/c1-8-6-9(12)2-3-10(8)11(7-13)14-4-5-15/h2-3,6,11,14-15H,4-5H2,1H3. The number of nitrogens with one attached hydrogen (secondary N) is 1. The molecule has 0 fully saturated rings. The highest BCUT2D eigenvalue weighted by atomic mass is 19.1. The molecule has 0 heterocycles. The maximum Gasteiger partial charge on any atom is 0.123 e. The molecule has 1 unspecified atom stereocenters. The van der Waals surface area contributed by atoms with Gasteiger partial charge in [0.15, 0.2) is 0 Å². The smallest absolute Gasteiger partial charge is 0.123 e. The third kappa shape index (κ3) is 3.01. The van der Waals surface area contributed by atoms with E-state index in [9.17, 15) is 4.39 Å². The molecule has 0 saturated heterocycles. The van der Waals surface area contributed by atoms with Crippen molar-refractivity contribution in [2.24, 2.45) is 0 Å². The molecule has 1 aromatic rings. The fourth-order valence-corrected chi connectivity index (χ4v) is 1.40. The van der Waals surface area contributed by atoms with Crippen molar-refractivity contribution in [1.29, 1.82) is 5.26 Å². The Hall–Kier alpha value is -1.44. The summed E-state index contributed by atoms with van der Waals surface area (Å²) in [6.45, 7) is 2.07. The van der Waals surface area contributed by atoms with Gasteiger partial charge in [-0.05, 0) is 30.2 Å². The van der Waals surface area contributed by atoms with Crippen LogP contribution in [0, 0.1) is 24.1 Å². The van der Waals surface area contributed by atoms with Crippen molar-refractivity contribution < 1.29 is 9.50 Å². The highest BCUT2D eigenvalue weighted by Gasteiger charge is 2.12. The molecule has 3 nitrogen and oxygen atoms in total. The molecule has 0 amide bonds. The lowest BCUT2D eigenvalue weighted by Crippen LogP contribution is -2.23. The maximum atomic E-state index is 12.8. The third-order valence-electron chi connectivity index (χ3n) is 2.13. The van der Waals surface area contributed by atoms with Gasteiger partial charge in [0, 0.05) is 6.54 Å². The van der Waals surface area contributed by atoms with Crippen molar-refractivity contribution in [3.05, 3.63) is 35.1 Å². The van der Waals surface area contributed by atoms with Crippen molar-refractivity contribution in [3.8, 4) is 6.07 Å². The Morgan fingerprint density at radius 2 is 2.33 bits per heavy atom. The van der Waals surface area contributed by atoms with E-state index in [0.717, 1.165) is 11.1 Å². The maximum absolute atomic E-state index is 12.8. The molecule has 15 heavy (non-hydrogen) atoms. The van der Waals surface area contributed by atoms with Crippen molar-refractivity contribution >= 4 is 0 Å². The van der Waals surface area contributed by atoms with E-state index in [4.69, 9.17) is 10.4 Å². The second-order valence-electron chi connectivity index (χ2n) is 3.24. The van der Waals surface area contributed by atoms with Crippen molar-refractivity contribution in [1.82, 2.24) is 5.32 Å². The van der Waals surface area contributed by atoms with Gasteiger partial charge >= 0.3 is 0 Å². The first-order valence-electron chi connectivity index (χ1n) is 4.69. The van der Waals surface area contributed by atoms with Gasteiger partial charge in [-0.1, -0.05) is 6.07 Å². The summed E-state index contributed by atoms with van der Waals surface area (Å²) in [6.07, 6.45) is 0. The Kier molecular flexibility index (Phi) is 4.22. The molecular weight excluding hydrogens is 195 g/mol. The van der Waals surface area contributed by atoms with E-state index in [0.29, 0.717) is 6.54 Å². The largest absolute Gasteiger partial charge is 0.395 e. The lowest BCUT2D eigenvalue weighted by Gasteiger charge is -2.13. The zero-order valence-electron chi connectivity index (χ0n) is 8.50. The van der Waals surface area contributed by atoms with Gasteiger partial charge in [0.1, 0.15) is 11.9 Å². The average Bonchev–Trinajstić information content (AvgIpc) is 2.21. The Morgan fingerprint density at radius 1 is 1.60 bits per heavy atom. The predicted molar refractivity (Wildman–Crippen MR) is 54.6 cm³/mol. The summed E-state index contributed by atoms with van der Waals surface area (Å²) in [6, 6.07) is 5.87. The van der Waals surface area contributed by atoms with Gasteiger partial charge in [0.05, 0.1) is 12.7 Å². The van der Waals surface area contributed by atoms with Crippen LogP contribution in [-0.2, 0) is 0 Å². The third-order valence-corrected chi connectivity index (χ3v) is 2.13. The number of nitriles is 1. The van der Waals surface area contributed by atoms with Crippen molar-refractivity contribution in [2.75, 3.05) is 13.2 Å². The van der Waals surface area contributed by atoms with Crippen LogP contribution in [0.3, 0.4) is 0 Å². The van der Waals surface area contributed by atoms with Crippen LogP contribution in [0.4, 0.5) is 4.39 Å². The minimum Gasteiger partial charge on any atom is -0.395 e. The fraction of sp³-hybridized carbons (Fsp3) is 0.364. The Balaban J connectivity index is 2.88. The Bertz CT molecular complexity index is 373. The van der Waals surface area contributed by atoms with Crippen LogP contribution in [-0.4, -0.2) is 18.3 Å². The van der Waals surface area contributed by atoms with Gasteiger partial charge in [-0.3, -0.25) is 5.32 Å². The van der Waals surface area contributed by atoms with E-state index >= 15 is 0 Å². The highest BCUT2D eigenvalue weighted by molar-refractivity contribution is 5.32. The second kappa shape index (κ2) is 5.44. The molecule has 1 rings (SSSR count). The lowest BCUT2D eigenvalue weighted by molar-refractivity contribution is 0.289. The second-order valence-corrected chi connectivity index (χ2v) is 3.24. The lowest BCUT2D eigenvalue weighted by atomic mass is 10.0. The number of aliphatic hydroxyl groups is 1. The predicted octanol–water partition coefficient (Wildman–Crippen LogP) is 1.28. The highest BCUT2D eigenvalue weighted by Crippen LogP contribution is 2.17. The molecule has 4 heteroatoms. The molecule has 0 bridgehead atoms. The number of aliphatic hydroxyl groups excluding tert-OH is 1. The van der Waals surface area contributed by atoms with Crippen molar-refractivity contribution in [2.45, 2.75) is 13.0 Å². The fourth-order valence-electron chi connectivity index (χ4n) is 1.40. The zero-order chi connectivity index (χ0) is 11.3. The molecule has 0 aliphatic carbocycles. The summed E-state index contributed by atoms with van der Waals surface area (Å²) in [5.41, 5.74) is 1.47. The summed E-state index contributed by atoms with van der Waals surface area (Å²) < 4.78 is 12.8. The average molecular weight is 208 g/mol. The number of hydrogen-bond donors (Lipinski definition) is 2. The monoisotopic (exact) mass is 208 g/mol. The summed E-state index contributed by atoms with van der Waals surface area (Å²) in [5, 5.41) is 20.4. The van der Waals surface area contributed by atoms with Crippen LogP contribution in [0.15, 0.2) is 18.2 Å². The summed E-state index contributed by atoms with van der Waals surface area (Å²) in [4.78, 5) is 0. The Labute approximate surface area is 88.2 Å². The number of nitrogens with zero attached hydrogens (tertiary/aromatic N) is 1. The van der Waals surface area contributed by atoms with Gasteiger partial charge in [-0.2, -0.15) is 5.26 Å². The molecule has 0 aliphatic rings. The van der Waals surface area contributed by atoms with Crippen molar-refractivity contribution in [3.63, 3.8) is 0 Å². The normalized spacial score (nSPS) is 12.1. The molecule has 0 radical (unpaired) electrons. The number of rotatable bonds is 4. The summed E-state index contributed by atoms with van der Waals surface area (Å²) in [5.74, 6) is -0.310. The molecule has 2 N–H and O–H groups in total.